The summed E-state index contributed by atoms with van der Waals surface area (Å²) in [5.74, 6) is -0.124. The number of benzene rings is 2. The van der Waals surface area contributed by atoms with Gasteiger partial charge in [0.1, 0.15) is 11.4 Å². The Kier molecular flexibility index (Phi) is 6.00. The van der Waals surface area contributed by atoms with Crippen LogP contribution in [0, 0.1) is 10.1 Å². The number of aromatic nitrogens is 3. The zero-order valence-electron chi connectivity index (χ0n) is 19.0. The molecular weight excluding hydrogens is 468 g/mol. The average Bonchev–Trinajstić information content (AvgIpc) is 3.50. The fourth-order valence-corrected chi connectivity index (χ4v) is 4.52. The van der Waals surface area contributed by atoms with Crippen molar-refractivity contribution in [2.24, 2.45) is 7.05 Å². The Morgan fingerprint density at radius 1 is 1.00 bits per heavy atom. The smallest absolute Gasteiger partial charge is 0.272 e. The Morgan fingerprint density at radius 2 is 1.71 bits per heavy atom. The van der Waals surface area contributed by atoms with Crippen LogP contribution in [0.1, 0.15) is 10.5 Å². The number of non-ortho nitro benzene ring substituents is 1. The van der Waals surface area contributed by atoms with Crippen LogP contribution in [0.15, 0.2) is 72.9 Å². The highest BCUT2D eigenvalue weighted by molar-refractivity contribution is 6.32. The maximum Gasteiger partial charge on any atom is 0.272 e. The number of carbonyl (C=O) groups is 1. The van der Waals surface area contributed by atoms with Crippen molar-refractivity contribution in [1.29, 1.82) is 0 Å². The predicted molar refractivity (Wildman–Crippen MR) is 134 cm³/mol. The van der Waals surface area contributed by atoms with Gasteiger partial charge in [0.2, 0.25) is 0 Å². The second-order valence-electron chi connectivity index (χ2n) is 8.34. The number of anilines is 1. The highest BCUT2D eigenvalue weighted by atomic mass is 35.5. The van der Waals surface area contributed by atoms with Crippen LogP contribution in [0.5, 0.6) is 0 Å². The van der Waals surface area contributed by atoms with Crippen molar-refractivity contribution >= 4 is 28.9 Å². The van der Waals surface area contributed by atoms with Crippen LogP contribution in [0.2, 0.25) is 5.02 Å². The molecule has 10 heteroatoms. The van der Waals surface area contributed by atoms with Crippen molar-refractivity contribution in [3.63, 3.8) is 0 Å². The van der Waals surface area contributed by atoms with Crippen molar-refractivity contribution in [3.8, 4) is 17.1 Å². The number of para-hydroxylation sites is 1. The van der Waals surface area contributed by atoms with Gasteiger partial charge in [-0.2, -0.15) is 5.10 Å². The Labute approximate surface area is 206 Å². The minimum absolute atomic E-state index is 0.0597. The fourth-order valence-electron chi connectivity index (χ4n) is 4.31. The third-order valence-corrected chi connectivity index (χ3v) is 6.53. The van der Waals surface area contributed by atoms with E-state index in [0.29, 0.717) is 48.3 Å². The third-order valence-electron chi connectivity index (χ3n) is 6.21. The van der Waals surface area contributed by atoms with E-state index in [9.17, 15) is 14.9 Å². The Hall–Kier alpha value is -4.11. The largest absolute Gasteiger partial charge is 0.368 e. The van der Waals surface area contributed by atoms with Crippen molar-refractivity contribution in [2.75, 3.05) is 31.1 Å². The molecule has 2 aromatic carbocycles. The van der Waals surface area contributed by atoms with Crippen LogP contribution in [0.25, 0.3) is 17.1 Å². The van der Waals surface area contributed by atoms with E-state index in [0.717, 1.165) is 11.4 Å². The molecule has 1 aliphatic heterocycles. The number of halogens is 1. The van der Waals surface area contributed by atoms with Crippen LogP contribution in [-0.2, 0) is 7.05 Å². The predicted octanol–water partition coefficient (Wildman–Crippen LogP) is 4.40. The monoisotopic (exact) mass is 490 g/mol. The minimum atomic E-state index is -0.410. The summed E-state index contributed by atoms with van der Waals surface area (Å²) in [6, 6.07) is 19.5. The van der Waals surface area contributed by atoms with Gasteiger partial charge in [0.05, 0.1) is 21.3 Å². The highest BCUT2D eigenvalue weighted by Gasteiger charge is 2.27. The van der Waals surface area contributed by atoms with Gasteiger partial charge < -0.3 is 14.4 Å². The standard InChI is InChI=1S/C25H23ClN6O3/c1-28-12-4-7-23(28)21-17-24(31(27-21)22-6-3-2-5-20(22)26)25(33)30-15-13-29(14-16-30)18-8-10-19(11-9-18)32(34)35/h2-12,17H,13-16H2,1H3. The average molecular weight is 491 g/mol. The molecule has 0 aliphatic carbocycles. The van der Waals surface area contributed by atoms with Crippen molar-refractivity contribution in [2.45, 2.75) is 0 Å². The van der Waals surface area contributed by atoms with Crippen LogP contribution in [-0.4, -0.2) is 56.3 Å². The molecule has 1 saturated heterocycles. The first-order valence-electron chi connectivity index (χ1n) is 11.2. The molecule has 178 valence electrons. The normalized spacial score (nSPS) is 13.8. The number of amides is 1. The molecule has 0 spiro atoms. The SMILES string of the molecule is Cn1cccc1-c1cc(C(=O)N2CCN(c3ccc([N+](=O)[O-])cc3)CC2)n(-c2ccccc2Cl)n1. The van der Waals surface area contributed by atoms with Gasteiger partial charge in [0.25, 0.3) is 11.6 Å². The lowest BCUT2D eigenvalue weighted by molar-refractivity contribution is -0.384. The summed E-state index contributed by atoms with van der Waals surface area (Å²) in [6.45, 7) is 2.27. The molecule has 0 radical (unpaired) electrons. The number of carbonyl (C=O) groups excluding carboxylic acids is 1. The molecule has 0 saturated carbocycles. The molecule has 0 bridgehead atoms. The van der Waals surface area contributed by atoms with Crippen molar-refractivity contribution in [3.05, 3.63) is 93.8 Å². The summed E-state index contributed by atoms with van der Waals surface area (Å²) in [6.07, 6.45) is 1.93. The topological polar surface area (TPSA) is 89.4 Å². The van der Waals surface area contributed by atoms with Gasteiger partial charge in [-0.25, -0.2) is 4.68 Å². The number of hydrogen-bond acceptors (Lipinski definition) is 5. The number of nitro benzene ring substituents is 1. The lowest BCUT2D eigenvalue weighted by Gasteiger charge is -2.36. The van der Waals surface area contributed by atoms with Gasteiger partial charge in [-0.15, -0.1) is 0 Å². The van der Waals surface area contributed by atoms with Gasteiger partial charge in [-0.3, -0.25) is 14.9 Å². The molecule has 0 N–H and O–H groups in total. The van der Waals surface area contributed by atoms with Crippen molar-refractivity contribution in [1.82, 2.24) is 19.2 Å². The maximum absolute atomic E-state index is 13.7. The number of rotatable bonds is 5. The molecule has 9 nitrogen and oxygen atoms in total. The third kappa shape index (κ3) is 4.38. The van der Waals surface area contributed by atoms with Crippen LogP contribution in [0.4, 0.5) is 11.4 Å². The molecule has 3 heterocycles. The van der Waals surface area contributed by atoms with E-state index < -0.39 is 4.92 Å². The van der Waals surface area contributed by atoms with E-state index in [1.54, 1.807) is 27.8 Å². The Morgan fingerprint density at radius 3 is 2.34 bits per heavy atom. The van der Waals surface area contributed by atoms with Crippen molar-refractivity contribution < 1.29 is 9.72 Å². The number of nitro groups is 1. The second kappa shape index (κ2) is 9.27. The maximum atomic E-state index is 13.7. The van der Waals surface area contributed by atoms with Crippen LogP contribution in [0.3, 0.4) is 0 Å². The molecule has 4 aromatic rings. The molecule has 1 aliphatic rings. The fraction of sp³-hybridized carbons (Fsp3) is 0.200. The zero-order valence-corrected chi connectivity index (χ0v) is 19.8. The van der Waals surface area contributed by atoms with Crippen LogP contribution < -0.4 is 4.90 Å². The minimum Gasteiger partial charge on any atom is -0.368 e. The molecule has 1 amide bonds. The van der Waals surface area contributed by atoms with Gasteiger partial charge in [0, 0.05) is 57.2 Å². The molecule has 0 unspecified atom stereocenters. The Balaban J connectivity index is 1.40. The number of piperazine rings is 1. The lowest BCUT2D eigenvalue weighted by Crippen LogP contribution is -2.49. The van der Waals surface area contributed by atoms with E-state index in [4.69, 9.17) is 16.7 Å². The first-order chi connectivity index (χ1) is 16.9. The van der Waals surface area contributed by atoms with Gasteiger partial charge >= 0.3 is 0 Å². The number of nitrogens with zero attached hydrogens (tertiary/aromatic N) is 6. The molecular formula is C25H23ClN6O3. The highest BCUT2D eigenvalue weighted by Crippen LogP contribution is 2.27. The van der Waals surface area contributed by atoms with E-state index in [-0.39, 0.29) is 11.6 Å². The first kappa shape index (κ1) is 22.7. The Bertz CT molecular complexity index is 1390. The quantitative estimate of drug-likeness (QED) is 0.305. The van der Waals surface area contributed by atoms with Gasteiger partial charge in [-0.05, 0) is 42.5 Å². The molecule has 5 rings (SSSR count). The summed E-state index contributed by atoms with van der Waals surface area (Å²) in [4.78, 5) is 28.1. The van der Waals surface area contributed by atoms with E-state index >= 15 is 0 Å². The van der Waals surface area contributed by atoms with Gasteiger partial charge in [-0.1, -0.05) is 23.7 Å². The molecule has 2 aromatic heterocycles. The summed E-state index contributed by atoms with van der Waals surface area (Å²) in [5.41, 5.74) is 3.62. The summed E-state index contributed by atoms with van der Waals surface area (Å²) >= 11 is 6.46. The van der Waals surface area contributed by atoms with E-state index in [1.807, 2.05) is 54.2 Å². The summed E-state index contributed by atoms with van der Waals surface area (Å²) in [5, 5.41) is 16.2. The first-order valence-corrected chi connectivity index (χ1v) is 11.6. The zero-order chi connectivity index (χ0) is 24.5. The summed E-state index contributed by atoms with van der Waals surface area (Å²) < 4.78 is 3.58. The lowest BCUT2D eigenvalue weighted by atomic mass is 10.2. The molecule has 35 heavy (non-hydrogen) atoms. The molecule has 1 fully saturated rings. The van der Waals surface area contributed by atoms with E-state index in [2.05, 4.69) is 4.90 Å². The van der Waals surface area contributed by atoms with E-state index in [1.165, 1.54) is 12.1 Å². The second-order valence-corrected chi connectivity index (χ2v) is 8.74. The summed E-state index contributed by atoms with van der Waals surface area (Å²) in [7, 11) is 1.93. The number of hydrogen-bond donors (Lipinski definition) is 0. The number of aryl methyl sites for hydroxylation is 1. The molecule has 0 atom stereocenters. The van der Waals surface area contributed by atoms with Gasteiger partial charge in [0.15, 0.2) is 0 Å². The van der Waals surface area contributed by atoms with Crippen LogP contribution >= 0.6 is 11.6 Å².